The third kappa shape index (κ3) is 4.35. The Kier molecular flexibility index (Phi) is 5.48. The molecule has 1 saturated carbocycles. The van der Waals surface area contributed by atoms with Crippen LogP contribution in [0.4, 0.5) is 0 Å². The molecule has 21 heavy (non-hydrogen) atoms. The molecule has 114 valence electrons. The number of hydrogen-bond acceptors (Lipinski definition) is 2. The Bertz CT molecular complexity index is 548. The number of carbonyl (C=O) groups is 2. The van der Waals surface area contributed by atoms with Crippen LogP contribution in [0, 0.1) is 5.92 Å². The van der Waals surface area contributed by atoms with Gasteiger partial charge in [0.05, 0.1) is 22.4 Å². The van der Waals surface area contributed by atoms with Crippen molar-refractivity contribution >= 4 is 35.1 Å². The quantitative estimate of drug-likeness (QED) is 0.890. The monoisotopic (exact) mass is 329 g/mol. The van der Waals surface area contributed by atoms with Crippen molar-refractivity contribution in [3.63, 3.8) is 0 Å². The fourth-order valence-electron chi connectivity index (χ4n) is 2.69. The standard InChI is InChI=1S/C15H17Cl2NO3/c16-11-6-5-9(7-12(11)17)8-14(19)18-13-4-2-1-3-10(13)15(20)21/h5-7,10,13H,1-4,8H2,(H,18,19)(H,20,21). The van der Waals surface area contributed by atoms with Gasteiger partial charge in [-0.1, -0.05) is 42.1 Å². The van der Waals surface area contributed by atoms with E-state index in [1.807, 2.05) is 0 Å². The molecule has 2 rings (SSSR count). The molecular formula is C15H17Cl2NO3. The van der Waals surface area contributed by atoms with Crippen molar-refractivity contribution in [2.45, 2.75) is 38.1 Å². The van der Waals surface area contributed by atoms with Crippen LogP contribution >= 0.6 is 23.2 Å². The lowest BCUT2D eigenvalue weighted by atomic mass is 9.84. The number of carbonyl (C=O) groups excluding carboxylic acids is 1. The molecule has 1 fully saturated rings. The van der Waals surface area contributed by atoms with E-state index in [9.17, 15) is 14.7 Å². The Morgan fingerprint density at radius 2 is 1.90 bits per heavy atom. The van der Waals surface area contributed by atoms with Gasteiger partial charge in [-0.05, 0) is 30.5 Å². The minimum atomic E-state index is -0.838. The first-order valence-electron chi connectivity index (χ1n) is 6.93. The molecule has 1 aromatic carbocycles. The molecular weight excluding hydrogens is 313 g/mol. The van der Waals surface area contributed by atoms with E-state index < -0.39 is 11.9 Å². The minimum absolute atomic E-state index is 0.166. The molecule has 6 heteroatoms. The normalized spacial score (nSPS) is 21.8. The van der Waals surface area contributed by atoms with E-state index in [0.717, 1.165) is 18.4 Å². The molecule has 0 aliphatic heterocycles. The van der Waals surface area contributed by atoms with Gasteiger partial charge >= 0.3 is 5.97 Å². The van der Waals surface area contributed by atoms with Crippen LogP contribution in [0.2, 0.25) is 10.0 Å². The van der Waals surface area contributed by atoms with E-state index in [-0.39, 0.29) is 18.4 Å². The van der Waals surface area contributed by atoms with Crippen LogP contribution in [-0.2, 0) is 16.0 Å². The number of hydrogen-bond donors (Lipinski definition) is 2. The van der Waals surface area contributed by atoms with Gasteiger partial charge in [0.2, 0.25) is 5.91 Å². The highest BCUT2D eigenvalue weighted by molar-refractivity contribution is 6.42. The van der Waals surface area contributed by atoms with Crippen molar-refractivity contribution in [3.8, 4) is 0 Å². The summed E-state index contributed by atoms with van der Waals surface area (Å²) in [6.45, 7) is 0. The topological polar surface area (TPSA) is 66.4 Å². The van der Waals surface area contributed by atoms with Gasteiger partial charge in [-0.3, -0.25) is 9.59 Å². The smallest absolute Gasteiger partial charge is 0.308 e. The predicted octanol–water partition coefficient (Wildman–Crippen LogP) is 3.30. The average molecular weight is 330 g/mol. The van der Waals surface area contributed by atoms with Gasteiger partial charge in [-0.2, -0.15) is 0 Å². The predicted molar refractivity (Wildman–Crippen MR) is 81.7 cm³/mol. The van der Waals surface area contributed by atoms with Crippen molar-refractivity contribution < 1.29 is 14.7 Å². The zero-order valence-electron chi connectivity index (χ0n) is 11.4. The van der Waals surface area contributed by atoms with Crippen LogP contribution in [0.15, 0.2) is 18.2 Å². The largest absolute Gasteiger partial charge is 0.481 e. The third-order valence-electron chi connectivity index (χ3n) is 3.78. The zero-order valence-corrected chi connectivity index (χ0v) is 13.0. The fraction of sp³-hybridized carbons (Fsp3) is 0.467. The molecule has 0 heterocycles. The number of carboxylic acid groups (broad SMARTS) is 1. The Labute approximate surface area is 133 Å². The van der Waals surface area contributed by atoms with Gasteiger partial charge in [0.25, 0.3) is 0 Å². The first-order chi connectivity index (χ1) is 9.97. The lowest BCUT2D eigenvalue weighted by Crippen LogP contribution is -2.45. The number of benzene rings is 1. The molecule has 0 aromatic heterocycles. The van der Waals surface area contributed by atoms with Crippen LogP contribution in [0.25, 0.3) is 0 Å². The van der Waals surface area contributed by atoms with Crippen LogP contribution in [0.5, 0.6) is 0 Å². The van der Waals surface area contributed by atoms with Crippen molar-refractivity contribution in [1.29, 1.82) is 0 Å². The second-order valence-electron chi connectivity index (χ2n) is 5.33. The molecule has 2 unspecified atom stereocenters. The van der Waals surface area contributed by atoms with Crippen molar-refractivity contribution in [2.24, 2.45) is 5.92 Å². The maximum Gasteiger partial charge on any atom is 0.308 e. The molecule has 2 atom stereocenters. The number of rotatable bonds is 4. The Hall–Kier alpha value is -1.26. The van der Waals surface area contributed by atoms with Gasteiger partial charge in [0.15, 0.2) is 0 Å². The Morgan fingerprint density at radius 3 is 2.57 bits per heavy atom. The van der Waals surface area contributed by atoms with E-state index in [2.05, 4.69) is 5.32 Å². The van der Waals surface area contributed by atoms with Crippen LogP contribution in [0.1, 0.15) is 31.2 Å². The van der Waals surface area contributed by atoms with Gasteiger partial charge < -0.3 is 10.4 Å². The number of aliphatic carboxylic acids is 1. The molecule has 1 aromatic rings. The number of amides is 1. The lowest BCUT2D eigenvalue weighted by Gasteiger charge is -2.29. The maximum atomic E-state index is 12.1. The van der Waals surface area contributed by atoms with Crippen molar-refractivity contribution in [3.05, 3.63) is 33.8 Å². The van der Waals surface area contributed by atoms with Gasteiger partial charge in [-0.15, -0.1) is 0 Å². The summed E-state index contributed by atoms with van der Waals surface area (Å²) in [5.41, 5.74) is 0.754. The summed E-state index contributed by atoms with van der Waals surface area (Å²) < 4.78 is 0. The van der Waals surface area contributed by atoms with E-state index in [1.54, 1.807) is 18.2 Å². The molecule has 0 radical (unpaired) electrons. The summed E-state index contributed by atoms with van der Waals surface area (Å²) in [5.74, 6) is -1.52. The van der Waals surface area contributed by atoms with Crippen LogP contribution in [-0.4, -0.2) is 23.0 Å². The second-order valence-corrected chi connectivity index (χ2v) is 6.14. The van der Waals surface area contributed by atoms with E-state index in [0.29, 0.717) is 22.9 Å². The summed E-state index contributed by atoms with van der Waals surface area (Å²) >= 11 is 11.7. The van der Waals surface area contributed by atoms with Crippen LogP contribution in [0.3, 0.4) is 0 Å². The summed E-state index contributed by atoms with van der Waals surface area (Å²) in [7, 11) is 0. The zero-order chi connectivity index (χ0) is 15.4. The maximum absolute atomic E-state index is 12.1. The summed E-state index contributed by atoms with van der Waals surface area (Å²) in [5, 5.41) is 12.9. The molecule has 1 amide bonds. The second kappa shape index (κ2) is 7.14. The first kappa shape index (κ1) is 16.1. The molecule has 2 N–H and O–H groups in total. The SMILES string of the molecule is O=C(Cc1ccc(Cl)c(Cl)c1)NC1CCCCC1C(=O)O. The van der Waals surface area contributed by atoms with Gasteiger partial charge in [0.1, 0.15) is 0 Å². The molecule has 0 spiro atoms. The highest BCUT2D eigenvalue weighted by Crippen LogP contribution is 2.25. The molecule has 1 aliphatic carbocycles. The first-order valence-corrected chi connectivity index (χ1v) is 7.69. The Balaban J connectivity index is 1.97. The van der Waals surface area contributed by atoms with E-state index in [4.69, 9.17) is 23.2 Å². The van der Waals surface area contributed by atoms with Crippen LogP contribution < -0.4 is 5.32 Å². The summed E-state index contributed by atoms with van der Waals surface area (Å²) in [6, 6.07) is 4.75. The molecule has 4 nitrogen and oxygen atoms in total. The summed E-state index contributed by atoms with van der Waals surface area (Å²) in [4.78, 5) is 23.3. The highest BCUT2D eigenvalue weighted by Gasteiger charge is 2.31. The average Bonchev–Trinajstić information content (AvgIpc) is 2.43. The number of halogens is 2. The number of carboxylic acids is 1. The van der Waals surface area contributed by atoms with Crippen molar-refractivity contribution in [1.82, 2.24) is 5.32 Å². The lowest BCUT2D eigenvalue weighted by molar-refractivity contribution is -0.144. The third-order valence-corrected chi connectivity index (χ3v) is 4.52. The molecule has 0 bridgehead atoms. The Morgan fingerprint density at radius 1 is 1.19 bits per heavy atom. The van der Waals surface area contributed by atoms with E-state index in [1.165, 1.54) is 0 Å². The van der Waals surface area contributed by atoms with Gasteiger partial charge in [-0.25, -0.2) is 0 Å². The fourth-order valence-corrected chi connectivity index (χ4v) is 3.01. The van der Waals surface area contributed by atoms with Crippen molar-refractivity contribution in [2.75, 3.05) is 0 Å². The molecule has 1 aliphatic rings. The molecule has 0 saturated heterocycles. The summed E-state index contributed by atoms with van der Waals surface area (Å²) in [6.07, 6.45) is 3.34. The highest BCUT2D eigenvalue weighted by atomic mass is 35.5. The van der Waals surface area contributed by atoms with E-state index >= 15 is 0 Å². The minimum Gasteiger partial charge on any atom is -0.481 e. The number of nitrogens with one attached hydrogen (secondary N) is 1. The van der Waals surface area contributed by atoms with Gasteiger partial charge in [0, 0.05) is 6.04 Å².